The van der Waals surface area contributed by atoms with Crippen LogP contribution in [0.15, 0.2) is 12.1 Å². The summed E-state index contributed by atoms with van der Waals surface area (Å²) in [5, 5.41) is 35.0. The van der Waals surface area contributed by atoms with E-state index in [1.165, 1.54) is 0 Å². The molecule has 0 radical (unpaired) electrons. The average molecular weight is 532 g/mol. The zero-order valence-corrected chi connectivity index (χ0v) is 23.9. The lowest BCUT2D eigenvalue weighted by Crippen LogP contribution is -2.77. The number of phenols is 1. The second-order valence-electron chi connectivity index (χ2n) is 13.0. The van der Waals surface area contributed by atoms with Crippen molar-refractivity contribution in [1.29, 1.82) is 0 Å². The second-order valence-corrected chi connectivity index (χ2v) is 13.0. The third-order valence-electron chi connectivity index (χ3n) is 10.7. The van der Waals surface area contributed by atoms with Crippen molar-refractivity contribution < 1.29 is 34.4 Å². The SMILES string of the molecule is CCC12CC[C@@](OC)([C@@H]([C@](C)(O)C(C)(C)C)C1)[C@@H]1Oc3c(O)ccc(C)c3[C@@]12CCNC(=O)CCC(=O)O. The van der Waals surface area contributed by atoms with Crippen LogP contribution in [0, 0.1) is 23.7 Å². The van der Waals surface area contributed by atoms with Gasteiger partial charge in [0, 0.05) is 37.0 Å². The number of aliphatic carboxylic acids is 1. The van der Waals surface area contributed by atoms with Gasteiger partial charge in [-0.25, -0.2) is 0 Å². The van der Waals surface area contributed by atoms with E-state index in [1.54, 1.807) is 13.2 Å². The summed E-state index contributed by atoms with van der Waals surface area (Å²) < 4.78 is 13.3. The lowest BCUT2D eigenvalue weighted by atomic mass is 9.36. The summed E-state index contributed by atoms with van der Waals surface area (Å²) >= 11 is 0. The van der Waals surface area contributed by atoms with Gasteiger partial charge in [-0.15, -0.1) is 0 Å². The zero-order chi connectivity index (χ0) is 28.3. The van der Waals surface area contributed by atoms with Crippen LogP contribution >= 0.6 is 0 Å². The molecule has 1 aliphatic heterocycles. The van der Waals surface area contributed by atoms with E-state index in [-0.39, 0.29) is 35.8 Å². The van der Waals surface area contributed by atoms with Crippen LogP contribution in [0.3, 0.4) is 0 Å². The smallest absolute Gasteiger partial charge is 0.303 e. The first kappa shape index (κ1) is 28.7. The largest absolute Gasteiger partial charge is 0.504 e. The Morgan fingerprint density at radius 1 is 1.18 bits per heavy atom. The van der Waals surface area contributed by atoms with Crippen LogP contribution in [0.1, 0.15) is 90.7 Å². The first-order valence-electron chi connectivity index (χ1n) is 13.9. The Kier molecular flexibility index (Phi) is 7.10. The Labute approximate surface area is 226 Å². The standard InChI is InChI=1S/C30H45NO7/c1-8-28-13-14-30(37-7,20(17-28)27(6,36)26(3,4)5)25-29(28,15-16-31-21(33)11-12-22(34)35)23-18(2)9-10-19(32)24(23)38-25/h9-10,20,25,32,36H,8,11-17H2,1-7H3,(H,31,33)(H,34,35)/t20-,25-,27+,28?,29+,30-/m1/s1. The molecule has 2 bridgehead atoms. The van der Waals surface area contributed by atoms with Gasteiger partial charge in [-0.3, -0.25) is 9.59 Å². The summed E-state index contributed by atoms with van der Waals surface area (Å²) in [6.07, 6.45) is 2.95. The van der Waals surface area contributed by atoms with Crippen LogP contribution in [0.4, 0.5) is 0 Å². The molecule has 3 saturated carbocycles. The molecular formula is C30H45NO7. The molecule has 6 atom stereocenters. The van der Waals surface area contributed by atoms with Crippen molar-refractivity contribution in [2.24, 2.45) is 16.7 Å². The molecular weight excluding hydrogens is 486 g/mol. The molecule has 3 aliphatic carbocycles. The van der Waals surface area contributed by atoms with Crippen LogP contribution in [-0.4, -0.2) is 58.2 Å². The minimum absolute atomic E-state index is 0.0733. The number of amides is 1. The van der Waals surface area contributed by atoms with E-state index in [4.69, 9.17) is 14.6 Å². The third kappa shape index (κ3) is 3.85. The first-order chi connectivity index (χ1) is 17.6. The number of phenolic OH excluding ortho intramolecular Hbond substituents is 1. The normalized spacial score (nSPS) is 33.2. The van der Waals surface area contributed by atoms with Crippen molar-refractivity contribution in [3.8, 4) is 11.5 Å². The molecule has 4 aliphatic rings. The fraction of sp³-hybridized carbons (Fsp3) is 0.733. The van der Waals surface area contributed by atoms with Gasteiger partial charge in [-0.05, 0) is 68.4 Å². The number of fused-ring (bicyclic) bond motifs is 3. The predicted octanol–water partition coefficient (Wildman–Crippen LogP) is 4.46. The molecule has 5 rings (SSSR count). The Morgan fingerprint density at radius 3 is 2.45 bits per heavy atom. The Balaban J connectivity index is 1.86. The number of methoxy groups -OCH3 is 1. The third-order valence-corrected chi connectivity index (χ3v) is 10.7. The number of aromatic hydroxyl groups is 1. The van der Waals surface area contributed by atoms with Crippen molar-refractivity contribution in [3.05, 3.63) is 23.3 Å². The molecule has 4 N–H and O–H groups in total. The molecule has 38 heavy (non-hydrogen) atoms. The van der Waals surface area contributed by atoms with Crippen LogP contribution < -0.4 is 10.1 Å². The highest BCUT2D eigenvalue weighted by Crippen LogP contribution is 2.74. The summed E-state index contributed by atoms with van der Waals surface area (Å²) in [7, 11) is 1.70. The lowest BCUT2D eigenvalue weighted by molar-refractivity contribution is -0.293. The number of hydrogen-bond acceptors (Lipinski definition) is 6. The Bertz CT molecular complexity index is 1110. The highest BCUT2D eigenvalue weighted by molar-refractivity contribution is 5.80. The maximum absolute atomic E-state index is 12.5. The van der Waals surface area contributed by atoms with E-state index in [2.05, 4.69) is 33.0 Å². The van der Waals surface area contributed by atoms with E-state index in [9.17, 15) is 19.8 Å². The van der Waals surface area contributed by atoms with Gasteiger partial charge in [0.15, 0.2) is 11.5 Å². The fourth-order valence-electron chi connectivity index (χ4n) is 8.16. The maximum atomic E-state index is 12.5. The van der Waals surface area contributed by atoms with Crippen LogP contribution in [0.5, 0.6) is 11.5 Å². The number of benzene rings is 1. The molecule has 212 valence electrons. The number of aryl methyl sites for hydroxylation is 1. The number of carbonyl (C=O) groups excluding carboxylic acids is 1. The van der Waals surface area contributed by atoms with E-state index in [1.807, 2.05) is 19.9 Å². The fourth-order valence-corrected chi connectivity index (χ4v) is 8.16. The molecule has 1 aromatic rings. The van der Waals surface area contributed by atoms with Gasteiger partial charge >= 0.3 is 5.97 Å². The number of hydrogen-bond donors (Lipinski definition) is 4. The Morgan fingerprint density at radius 2 is 1.87 bits per heavy atom. The molecule has 1 amide bonds. The van der Waals surface area contributed by atoms with Gasteiger partial charge in [0.2, 0.25) is 5.91 Å². The van der Waals surface area contributed by atoms with Gasteiger partial charge in [-0.2, -0.15) is 0 Å². The van der Waals surface area contributed by atoms with Gasteiger partial charge in [0.05, 0.1) is 12.0 Å². The number of nitrogens with one attached hydrogen (secondary N) is 1. The highest BCUT2D eigenvalue weighted by Gasteiger charge is 2.78. The number of carboxylic acids is 1. The molecule has 0 saturated heterocycles. The summed E-state index contributed by atoms with van der Waals surface area (Å²) in [6.45, 7) is 12.6. The minimum Gasteiger partial charge on any atom is -0.504 e. The van der Waals surface area contributed by atoms with Gasteiger partial charge < -0.3 is 30.1 Å². The summed E-state index contributed by atoms with van der Waals surface area (Å²) in [6, 6.07) is 3.58. The number of aliphatic hydroxyl groups is 1. The average Bonchev–Trinajstić information content (AvgIpc) is 3.24. The van der Waals surface area contributed by atoms with E-state index in [0.717, 1.165) is 36.8 Å². The summed E-state index contributed by atoms with van der Waals surface area (Å²) in [5.74, 6) is -0.954. The van der Waals surface area contributed by atoms with E-state index < -0.39 is 34.1 Å². The van der Waals surface area contributed by atoms with Crippen molar-refractivity contribution in [2.45, 2.75) is 109 Å². The van der Waals surface area contributed by atoms with Gasteiger partial charge in [-0.1, -0.05) is 33.8 Å². The summed E-state index contributed by atoms with van der Waals surface area (Å²) in [5.41, 5.74) is -1.14. The molecule has 3 fully saturated rings. The molecule has 1 heterocycles. The van der Waals surface area contributed by atoms with Crippen LogP contribution in [0.2, 0.25) is 0 Å². The van der Waals surface area contributed by atoms with Crippen molar-refractivity contribution in [2.75, 3.05) is 13.7 Å². The molecule has 8 heteroatoms. The maximum Gasteiger partial charge on any atom is 0.303 e. The van der Waals surface area contributed by atoms with Gasteiger partial charge in [0.1, 0.15) is 11.7 Å². The van der Waals surface area contributed by atoms with E-state index >= 15 is 0 Å². The van der Waals surface area contributed by atoms with Gasteiger partial charge in [0.25, 0.3) is 0 Å². The highest BCUT2D eigenvalue weighted by atomic mass is 16.6. The first-order valence-corrected chi connectivity index (χ1v) is 13.9. The van der Waals surface area contributed by atoms with Crippen molar-refractivity contribution in [1.82, 2.24) is 5.32 Å². The predicted molar refractivity (Wildman–Crippen MR) is 143 cm³/mol. The lowest BCUT2D eigenvalue weighted by Gasteiger charge is -2.70. The topological polar surface area (TPSA) is 125 Å². The Hall–Kier alpha value is -2.32. The number of ether oxygens (including phenoxy) is 2. The second kappa shape index (κ2) is 9.40. The van der Waals surface area contributed by atoms with Crippen molar-refractivity contribution >= 4 is 11.9 Å². The minimum atomic E-state index is -1.06. The van der Waals surface area contributed by atoms with Crippen LogP contribution in [-0.2, 0) is 19.7 Å². The zero-order valence-electron chi connectivity index (χ0n) is 23.9. The molecule has 8 nitrogen and oxygen atoms in total. The quantitative estimate of drug-likeness (QED) is 0.371. The van der Waals surface area contributed by atoms with Crippen molar-refractivity contribution in [3.63, 3.8) is 0 Å². The molecule has 1 unspecified atom stereocenters. The van der Waals surface area contributed by atoms with E-state index in [0.29, 0.717) is 18.7 Å². The number of rotatable bonds is 9. The molecule has 0 spiro atoms. The number of carboxylic acid groups (broad SMARTS) is 1. The molecule has 0 aromatic heterocycles. The summed E-state index contributed by atoms with van der Waals surface area (Å²) in [4.78, 5) is 23.4. The monoisotopic (exact) mass is 531 g/mol. The number of carbonyl (C=O) groups is 2. The van der Waals surface area contributed by atoms with Crippen LogP contribution in [0.25, 0.3) is 0 Å². The molecule has 1 aromatic carbocycles.